The van der Waals surface area contributed by atoms with Gasteiger partial charge in [-0.25, -0.2) is 4.79 Å². The Morgan fingerprint density at radius 3 is 2.50 bits per heavy atom. The monoisotopic (exact) mass is 287 g/mol. The van der Waals surface area contributed by atoms with Crippen molar-refractivity contribution in [1.82, 2.24) is 0 Å². The number of carbonyl (C=O) groups excluding carboxylic acids is 1. The lowest BCUT2D eigenvalue weighted by Crippen LogP contribution is -2.08. The standard InChI is InChI=1S/C16H17NO2S/c1-19-16(18)14-5-3-4-6-15(14)17-11-12-7-9-13(20-2)10-8-12/h3-10,17H,11H2,1-2H3. The zero-order chi connectivity index (χ0) is 14.4. The summed E-state index contributed by atoms with van der Waals surface area (Å²) in [4.78, 5) is 12.9. The fourth-order valence-electron chi connectivity index (χ4n) is 1.87. The molecule has 0 aliphatic heterocycles. The van der Waals surface area contributed by atoms with Gasteiger partial charge in [0.1, 0.15) is 0 Å². The number of nitrogens with one attached hydrogen (secondary N) is 1. The first kappa shape index (κ1) is 14.5. The predicted molar refractivity (Wildman–Crippen MR) is 83.3 cm³/mol. The minimum Gasteiger partial charge on any atom is -0.465 e. The Morgan fingerprint density at radius 2 is 1.85 bits per heavy atom. The van der Waals surface area contributed by atoms with E-state index in [1.54, 1.807) is 17.8 Å². The van der Waals surface area contributed by atoms with Gasteiger partial charge in [0.15, 0.2) is 0 Å². The third-order valence-electron chi connectivity index (χ3n) is 2.97. The quantitative estimate of drug-likeness (QED) is 0.670. The number of rotatable bonds is 5. The molecule has 4 heteroatoms. The van der Waals surface area contributed by atoms with Crippen molar-refractivity contribution < 1.29 is 9.53 Å². The van der Waals surface area contributed by atoms with E-state index < -0.39 is 0 Å². The summed E-state index contributed by atoms with van der Waals surface area (Å²) in [6.45, 7) is 0.669. The van der Waals surface area contributed by atoms with E-state index in [1.807, 2.05) is 18.2 Å². The van der Waals surface area contributed by atoms with Crippen molar-refractivity contribution in [3.63, 3.8) is 0 Å². The van der Waals surface area contributed by atoms with Crippen LogP contribution in [0.25, 0.3) is 0 Å². The second kappa shape index (κ2) is 7.01. The summed E-state index contributed by atoms with van der Waals surface area (Å²) < 4.78 is 4.78. The van der Waals surface area contributed by atoms with Crippen LogP contribution >= 0.6 is 11.8 Å². The molecule has 2 aromatic carbocycles. The van der Waals surface area contributed by atoms with Crippen molar-refractivity contribution in [2.75, 3.05) is 18.7 Å². The van der Waals surface area contributed by atoms with Crippen LogP contribution in [-0.4, -0.2) is 19.3 Å². The zero-order valence-electron chi connectivity index (χ0n) is 11.6. The highest BCUT2D eigenvalue weighted by molar-refractivity contribution is 7.98. The molecule has 0 bridgehead atoms. The van der Waals surface area contributed by atoms with Gasteiger partial charge in [-0.2, -0.15) is 0 Å². The van der Waals surface area contributed by atoms with Gasteiger partial charge in [-0.3, -0.25) is 0 Å². The summed E-state index contributed by atoms with van der Waals surface area (Å²) in [7, 11) is 1.39. The van der Waals surface area contributed by atoms with Crippen LogP contribution in [0.2, 0.25) is 0 Å². The van der Waals surface area contributed by atoms with Gasteiger partial charge in [0, 0.05) is 17.1 Å². The third-order valence-corrected chi connectivity index (χ3v) is 3.72. The Kier molecular flexibility index (Phi) is 5.07. The van der Waals surface area contributed by atoms with E-state index in [-0.39, 0.29) is 5.97 Å². The maximum Gasteiger partial charge on any atom is 0.339 e. The van der Waals surface area contributed by atoms with Gasteiger partial charge in [0.2, 0.25) is 0 Å². The number of esters is 1. The molecule has 0 aromatic heterocycles. The van der Waals surface area contributed by atoms with Gasteiger partial charge in [0.05, 0.1) is 12.7 Å². The molecule has 2 rings (SSSR count). The number of hydrogen-bond donors (Lipinski definition) is 1. The molecule has 104 valence electrons. The van der Waals surface area contributed by atoms with E-state index in [9.17, 15) is 4.79 Å². The molecule has 0 saturated carbocycles. The van der Waals surface area contributed by atoms with Gasteiger partial charge in [0.25, 0.3) is 0 Å². The molecule has 0 unspecified atom stereocenters. The van der Waals surface area contributed by atoms with Gasteiger partial charge in [-0.05, 0) is 36.1 Å². The largest absolute Gasteiger partial charge is 0.465 e. The van der Waals surface area contributed by atoms with Crippen molar-refractivity contribution >= 4 is 23.4 Å². The van der Waals surface area contributed by atoms with Crippen LogP contribution in [0.15, 0.2) is 53.4 Å². The van der Waals surface area contributed by atoms with Crippen molar-refractivity contribution in [2.24, 2.45) is 0 Å². The van der Waals surface area contributed by atoms with E-state index in [0.717, 1.165) is 5.69 Å². The summed E-state index contributed by atoms with van der Waals surface area (Å²) in [5, 5.41) is 3.27. The van der Waals surface area contributed by atoms with E-state index >= 15 is 0 Å². The first-order valence-corrected chi connectivity index (χ1v) is 7.51. The Balaban J connectivity index is 2.08. The van der Waals surface area contributed by atoms with Crippen molar-refractivity contribution in [3.05, 3.63) is 59.7 Å². The Hall–Kier alpha value is -1.94. The van der Waals surface area contributed by atoms with Gasteiger partial charge in [-0.15, -0.1) is 11.8 Å². The highest BCUT2D eigenvalue weighted by atomic mass is 32.2. The lowest BCUT2D eigenvalue weighted by atomic mass is 10.1. The van der Waals surface area contributed by atoms with Crippen LogP contribution in [0, 0.1) is 0 Å². The molecular weight excluding hydrogens is 270 g/mol. The molecule has 0 fully saturated rings. The normalized spacial score (nSPS) is 10.1. The number of carbonyl (C=O) groups is 1. The molecule has 0 saturated heterocycles. The summed E-state index contributed by atoms with van der Waals surface area (Å²) in [5.74, 6) is -0.328. The molecule has 0 amide bonds. The van der Waals surface area contributed by atoms with E-state index in [1.165, 1.54) is 17.6 Å². The molecule has 3 nitrogen and oxygen atoms in total. The number of anilines is 1. The number of hydrogen-bond acceptors (Lipinski definition) is 4. The Morgan fingerprint density at radius 1 is 1.15 bits per heavy atom. The van der Waals surface area contributed by atoms with Crippen LogP contribution in [0.3, 0.4) is 0 Å². The van der Waals surface area contributed by atoms with Crippen LogP contribution in [0.5, 0.6) is 0 Å². The third kappa shape index (κ3) is 3.54. The van der Waals surface area contributed by atoms with E-state index in [0.29, 0.717) is 12.1 Å². The molecule has 0 spiro atoms. The van der Waals surface area contributed by atoms with E-state index in [4.69, 9.17) is 4.74 Å². The van der Waals surface area contributed by atoms with Crippen LogP contribution in [0.4, 0.5) is 5.69 Å². The minimum atomic E-state index is -0.328. The number of para-hydroxylation sites is 1. The highest BCUT2D eigenvalue weighted by Crippen LogP contribution is 2.18. The van der Waals surface area contributed by atoms with E-state index in [2.05, 4.69) is 35.8 Å². The minimum absolute atomic E-state index is 0.328. The smallest absolute Gasteiger partial charge is 0.339 e. The maximum atomic E-state index is 11.7. The highest BCUT2D eigenvalue weighted by Gasteiger charge is 2.10. The second-order valence-electron chi connectivity index (χ2n) is 4.24. The molecule has 0 atom stereocenters. The van der Waals surface area contributed by atoms with Crippen LogP contribution in [-0.2, 0) is 11.3 Å². The zero-order valence-corrected chi connectivity index (χ0v) is 12.4. The fourth-order valence-corrected chi connectivity index (χ4v) is 2.27. The maximum absolute atomic E-state index is 11.7. The second-order valence-corrected chi connectivity index (χ2v) is 5.12. The SMILES string of the molecule is COC(=O)c1ccccc1NCc1ccc(SC)cc1. The Labute approximate surface area is 123 Å². The molecule has 0 aliphatic carbocycles. The first-order chi connectivity index (χ1) is 9.74. The summed E-state index contributed by atoms with van der Waals surface area (Å²) in [5.41, 5.74) is 2.51. The van der Waals surface area contributed by atoms with Crippen LogP contribution in [0.1, 0.15) is 15.9 Å². The molecular formula is C16H17NO2S. The molecule has 1 N–H and O–H groups in total. The first-order valence-electron chi connectivity index (χ1n) is 6.28. The lowest BCUT2D eigenvalue weighted by Gasteiger charge is -2.11. The molecule has 2 aromatic rings. The Bertz CT molecular complexity index is 581. The average molecular weight is 287 g/mol. The van der Waals surface area contributed by atoms with Crippen LogP contribution < -0.4 is 5.32 Å². The van der Waals surface area contributed by atoms with Gasteiger partial charge >= 0.3 is 5.97 Å². The van der Waals surface area contributed by atoms with Crippen molar-refractivity contribution in [3.8, 4) is 0 Å². The summed E-state index contributed by atoms with van der Waals surface area (Å²) in [6, 6.07) is 15.7. The number of methoxy groups -OCH3 is 1. The van der Waals surface area contributed by atoms with Crippen molar-refractivity contribution in [2.45, 2.75) is 11.4 Å². The fraction of sp³-hybridized carbons (Fsp3) is 0.188. The summed E-state index contributed by atoms with van der Waals surface area (Å²) >= 11 is 1.72. The number of thioether (sulfide) groups is 1. The van der Waals surface area contributed by atoms with Gasteiger partial charge in [-0.1, -0.05) is 24.3 Å². The molecule has 0 aliphatic rings. The summed E-state index contributed by atoms with van der Waals surface area (Å²) in [6.07, 6.45) is 2.06. The van der Waals surface area contributed by atoms with Gasteiger partial charge < -0.3 is 10.1 Å². The molecule has 0 radical (unpaired) electrons. The van der Waals surface area contributed by atoms with Crippen molar-refractivity contribution in [1.29, 1.82) is 0 Å². The molecule has 20 heavy (non-hydrogen) atoms. The predicted octanol–water partition coefficient (Wildman–Crippen LogP) is 3.81. The topological polar surface area (TPSA) is 38.3 Å². The lowest BCUT2D eigenvalue weighted by molar-refractivity contribution is 0.0602. The number of benzene rings is 2. The number of ether oxygens (including phenoxy) is 1. The molecule has 0 heterocycles. The average Bonchev–Trinajstić information content (AvgIpc) is 2.53.